The fraction of sp³-hybridized carbons (Fsp3) is 0.211. The first-order valence-electron chi connectivity index (χ1n) is 8.25. The zero-order valence-electron chi connectivity index (χ0n) is 13.6. The van der Waals surface area contributed by atoms with Gasteiger partial charge in [-0.2, -0.15) is 5.26 Å². The number of carbonyl (C=O) groups is 1. The Morgan fingerprint density at radius 1 is 1.12 bits per heavy atom. The highest BCUT2D eigenvalue weighted by Gasteiger charge is 2.20. The van der Waals surface area contributed by atoms with E-state index in [1.165, 1.54) is 0 Å². The molecule has 0 spiro atoms. The number of benzene rings is 2. The van der Waals surface area contributed by atoms with Gasteiger partial charge in [-0.3, -0.25) is 0 Å². The fourth-order valence-electron chi connectivity index (χ4n) is 3.21. The minimum Gasteiger partial charge on any atom is -0.326 e. The first kappa shape index (κ1) is 15.2. The molecule has 1 aliphatic rings. The number of carbonyl (C=O) groups excluding carboxylic acids is 1. The number of imidazole rings is 1. The van der Waals surface area contributed by atoms with Crippen molar-refractivity contribution < 1.29 is 4.79 Å². The lowest BCUT2D eigenvalue weighted by atomic mass is 10.2. The number of fused-ring (bicyclic) bond motifs is 3. The first-order valence-corrected chi connectivity index (χ1v) is 8.25. The molecule has 3 aromatic rings. The van der Waals surface area contributed by atoms with Crippen LogP contribution in [-0.2, 0) is 13.0 Å². The van der Waals surface area contributed by atoms with Crippen LogP contribution in [0.2, 0.25) is 0 Å². The van der Waals surface area contributed by atoms with Gasteiger partial charge in [-0.05, 0) is 30.3 Å². The SMILES string of the molecule is N#Cc1cccc(NC(=O)N2CCc3nc4ccccc4n3CC2)c1. The van der Waals surface area contributed by atoms with Gasteiger partial charge < -0.3 is 14.8 Å². The van der Waals surface area contributed by atoms with E-state index in [2.05, 4.69) is 27.0 Å². The number of nitrogens with zero attached hydrogens (tertiary/aromatic N) is 4. The van der Waals surface area contributed by atoms with E-state index in [4.69, 9.17) is 5.26 Å². The van der Waals surface area contributed by atoms with Crippen LogP contribution < -0.4 is 5.32 Å². The van der Waals surface area contributed by atoms with E-state index in [0.29, 0.717) is 24.3 Å². The second kappa shape index (κ2) is 6.29. The molecule has 2 amide bonds. The molecule has 1 aliphatic heterocycles. The predicted molar refractivity (Wildman–Crippen MR) is 95.2 cm³/mol. The van der Waals surface area contributed by atoms with Crippen LogP contribution in [0, 0.1) is 11.3 Å². The molecule has 4 rings (SSSR count). The number of aromatic nitrogens is 2. The molecule has 6 nitrogen and oxygen atoms in total. The summed E-state index contributed by atoms with van der Waals surface area (Å²) in [7, 11) is 0. The summed E-state index contributed by atoms with van der Waals surface area (Å²) >= 11 is 0. The zero-order valence-corrected chi connectivity index (χ0v) is 13.6. The monoisotopic (exact) mass is 331 g/mol. The van der Waals surface area contributed by atoms with E-state index >= 15 is 0 Å². The Morgan fingerprint density at radius 2 is 2.00 bits per heavy atom. The minimum absolute atomic E-state index is 0.148. The molecule has 1 N–H and O–H groups in total. The van der Waals surface area contributed by atoms with Gasteiger partial charge in [0.05, 0.1) is 22.7 Å². The standard InChI is InChI=1S/C19H17N5O/c20-13-14-4-3-5-15(12-14)21-19(25)23-9-8-18-22-16-6-1-2-7-17(16)24(18)11-10-23/h1-7,12H,8-11H2,(H,21,25). The smallest absolute Gasteiger partial charge is 0.321 e. The normalized spacial score (nSPS) is 13.8. The number of anilines is 1. The number of nitriles is 1. The van der Waals surface area contributed by atoms with Crippen LogP contribution in [0.4, 0.5) is 10.5 Å². The second-order valence-corrected chi connectivity index (χ2v) is 6.03. The second-order valence-electron chi connectivity index (χ2n) is 6.03. The number of urea groups is 1. The molecule has 0 saturated carbocycles. The molecule has 0 aliphatic carbocycles. The summed E-state index contributed by atoms with van der Waals surface area (Å²) in [6.07, 6.45) is 0.723. The summed E-state index contributed by atoms with van der Waals surface area (Å²) in [6.45, 7) is 1.96. The Bertz CT molecular complexity index is 985. The molecule has 2 aromatic carbocycles. The number of rotatable bonds is 1. The van der Waals surface area contributed by atoms with Crippen molar-refractivity contribution in [1.82, 2.24) is 14.5 Å². The van der Waals surface area contributed by atoms with E-state index in [1.54, 1.807) is 29.2 Å². The van der Waals surface area contributed by atoms with Gasteiger partial charge in [-0.15, -0.1) is 0 Å². The fourth-order valence-corrected chi connectivity index (χ4v) is 3.21. The molecule has 124 valence electrons. The van der Waals surface area contributed by atoms with Crippen LogP contribution in [0.15, 0.2) is 48.5 Å². The minimum atomic E-state index is -0.148. The maximum atomic E-state index is 12.6. The van der Waals surface area contributed by atoms with Gasteiger partial charge in [0.15, 0.2) is 0 Å². The van der Waals surface area contributed by atoms with Crippen molar-refractivity contribution in [2.24, 2.45) is 0 Å². The molecule has 2 heterocycles. The van der Waals surface area contributed by atoms with E-state index in [-0.39, 0.29) is 6.03 Å². The Morgan fingerprint density at radius 3 is 2.88 bits per heavy atom. The molecule has 0 unspecified atom stereocenters. The first-order chi connectivity index (χ1) is 12.2. The van der Waals surface area contributed by atoms with Crippen molar-refractivity contribution in [2.45, 2.75) is 13.0 Å². The molecule has 1 aromatic heterocycles. The molecule has 0 fully saturated rings. The van der Waals surface area contributed by atoms with Crippen molar-refractivity contribution in [1.29, 1.82) is 5.26 Å². The predicted octanol–water partition coefficient (Wildman–Crippen LogP) is 3.00. The average Bonchev–Trinajstić information content (AvgIpc) is 2.86. The lowest BCUT2D eigenvalue weighted by molar-refractivity contribution is 0.213. The van der Waals surface area contributed by atoms with Gasteiger partial charge in [-0.1, -0.05) is 18.2 Å². The molecule has 25 heavy (non-hydrogen) atoms. The molecule has 6 heteroatoms. The molecule has 0 saturated heterocycles. The van der Waals surface area contributed by atoms with Gasteiger partial charge in [0.2, 0.25) is 0 Å². The maximum Gasteiger partial charge on any atom is 0.321 e. The summed E-state index contributed by atoms with van der Waals surface area (Å²) in [5.41, 5.74) is 3.28. The van der Waals surface area contributed by atoms with Crippen molar-refractivity contribution in [3.8, 4) is 6.07 Å². The summed E-state index contributed by atoms with van der Waals surface area (Å²) in [4.78, 5) is 19.0. The Labute approximate surface area is 145 Å². The number of para-hydroxylation sites is 2. The number of amides is 2. The number of hydrogen-bond donors (Lipinski definition) is 1. The number of hydrogen-bond acceptors (Lipinski definition) is 3. The molecule has 0 bridgehead atoms. The Balaban J connectivity index is 1.49. The van der Waals surface area contributed by atoms with Gasteiger partial charge in [-0.25, -0.2) is 9.78 Å². The van der Waals surface area contributed by atoms with Crippen molar-refractivity contribution in [3.05, 3.63) is 59.9 Å². The van der Waals surface area contributed by atoms with Crippen molar-refractivity contribution in [3.63, 3.8) is 0 Å². The summed E-state index contributed by atoms with van der Waals surface area (Å²) in [5, 5.41) is 11.8. The van der Waals surface area contributed by atoms with Gasteiger partial charge in [0.25, 0.3) is 0 Å². The van der Waals surface area contributed by atoms with Crippen LogP contribution in [0.25, 0.3) is 11.0 Å². The van der Waals surface area contributed by atoms with Crippen molar-refractivity contribution >= 4 is 22.8 Å². The van der Waals surface area contributed by atoms with E-state index in [1.807, 2.05) is 18.2 Å². The third kappa shape index (κ3) is 2.92. The van der Waals surface area contributed by atoms with Crippen LogP contribution in [0.3, 0.4) is 0 Å². The van der Waals surface area contributed by atoms with E-state index in [9.17, 15) is 4.79 Å². The largest absolute Gasteiger partial charge is 0.326 e. The van der Waals surface area contributed by atoms with Crippen LogP contribution in [-0.4, -0.2) is 33.6 Å². The summed E-state index contributed by atoms with van der Waals surface area (Å²) in [6, 6.07) is 17.0. The lowest BCUT2D eigenvalue weighted by Gasteiger charge is -2.20. The van der Waals surface area contributed by atoms with Gasteiger partial charge >= 0.3 is 6.03 Å². The third-order valence-corrected chi connectivity index (χ3v) is 4.46. The van der Waals surface area contributed by atoms with E-state index in [0.717, 1.165) is 29.8 Å². The van der Waals surface area contributed by atoms with Crippen LogP contribution in [0.5, 0.6) is 0 Å². The topological polar surface area (TPSA) is 74.0 Å². The highest BCUT2D eigenvalue weighted by Crippen LogP contribution is 2.19. The molecule has 0 radical (unpaired) electrons. The number of nitrogens with one attached hydrogen (secondary N) is 1. The lowest BCUT2D eigenvalue weighted by Crippen LogP contribution is -2.37. The molecule has 0 atom stereocenters. The van der Waals surface area contributed by atoms with E-state index < -0.39 is 0 Å². The summed E-state index contributed by atoms with van der Waals surface area (Å²) in [5.74, 6) is 1.02. The highest BCUT2D eigenvalue weighted by atomic mass is 16.2. The van der Waals surface area contributed by atoms with Crippen LogP contribution in [0.1, 0.15) is 11.4 Å². The quantitative estimate of drug-likeness (QED) is 0.745. The summed E-state index contributed by atoms with van der Waals surface area (Å²) < 4.78 is 2.19. The van der Waals surface area contributed by atoms with Crippen LogP contribution >= 0.6 is 0 Å². The zero-order chi connectivity index (χ0) is 17.2. The van der Waals surface area contributed by atoms with Crippen molar-refractivity contribution in [2.75, 3.05) is 18.4 Å². The van der Waals surface area contributed by atoms with Gasteiger partial charge in [0, 0.05) is 31.7 Å². The van der Waals surface area contributed by atoms with Gasteiger partial charge in [0.1, 0.15) is 5.82 Å². The Kier molecular flexibility index (Phi) is 3.82. The molecular formula is C19H17N5O. The maximum absolute atomic E-state index is 12.6. The Hall–Kier alpha value is -3.33. The molecular weight excluding hydrogens is 314 g/mol. The highest BCUT2D eigenvalue weighted by molar-refractivity contribution is 5.89. The average molecular weight is 331 g/mol. The third-order valence-electron chi connectivity index (χ3n) is 4.46.